The topological polar surface area (TPSA) is 12.5 Å². The van der Waals surface area contributed by atoms with Crippen molar-refractivity contribution < 1.29 is 4.74 Å². The van der Waals surface area contributed by atoms with Crippen molar-refractivity contribution in [1.29, 1.82) is 0 Å². The second-order valence-corrected chi connectivity index (χ2v) is 4.32. The van der Waals surface area contributed by atoms with Crippen molar-refractivity contribution in [1.82, 2.24) is 4.90 Å². The molecule has 0 spiro atoms. The molecule has 1 heterocycles. The van der Waals surface area contributed by atoms with E-state index in [1.54, 1.807) is 0 Å². The van der Waals surface area contributed by atoms with Gasteiger partial charge in [-0.1, -0.05) is 30.3 Å². The highest BCUT2D eigenvalue weighted by Gasteiger charge is 2.15. The summed E-state index contributed by atoms with van der Waals surface area (Å²) < 4.78 is 5.30. The number of benzene rings is 1. The van der Waals surface area contributed by atoms with E-state index in [4.69, 9.17) is 16.3 Å². The Balaban J connectivity index is 1.88. The van der Waals surface area contributed by atoms with Gasteiger partial charge in [-0.3, -0.25) is 4.90 Å². The highest BCUT2D eigenvalue weighted by Crippen LogP contribution is 2.21. The summed E-state index contributed by atoms with van der Waals surface area (Å²) in [5.74, 6) is 0. The Hall–Kier alpha value is -0.570. The molecule has 1 aromatic carbocycles. The molecule has 1 saturated heterocycles. The van der Waals surface area contributed by atoms with Crippen LogP contribution in [0.1, 0.15) is 10.9 Å². The third-order valence-corrected chi connectivity index (χ3v) is 3.07. The molecule has 0 saturated carbocycles. The average Bonchev–Trinajstić information content (AvgIpc) is 2.31. The molecule has 0 N–H and O–H groups in total. The lowest BCUT2D eigenvalue weighted by Crippen LogP contribution is -2.38. The van der Waals surface area contributed by atoms with Gasteiger partial charge in [-0.2, -0.15) is 0 Å². The molecule has 1 unspecified atom stereocenters. The minimum atomic E-state index is 0.0873. The van der Waals surface area contributed by atoms with Crippen molar-refractivity contribution in [2.45, 2.75) is 5.38 Å². The zero-order valence-electron chi connectivity index (χ0n) is 8.73. The van der Waals surface area contributed by atoms with Gasteiger partial charge in [0.1, 0.15) is 0 Å². The Morgan fingerprint density at radius 1 is 1.20 bits per heavy atom. The minimum absolute atomic E-state index is 0.0873. The van der Waals surface area contributed by atoms with Crippen LogP contribution in [0.5, 0.6) is 0 Å². The summed E-state index contributed by atoms with van der Waals surface area (Å²) in [4.78, 5) is 2.36. The number of morpholine rings is 1. The Morgan fingerprint density at radius 3 is 2.53 bits per heavy atom. The molecule has 1 fully saturated rings. The van der Waals surface area contributed by atoms with E-state index in [0.717, 1.165) is 32.8 Å². The maximum Gasteiger partial charge on any atom is 0.0712 e. The predicted octanol–water partition coefficient (Wildman–Crippen LogP) is 2.30. The van der Waals surface area contributed by atoms with E-state index in [1.807, 2.05) is 18.2 Å². The molecular formula is C12H16ClNO. The van der Waals surface area contributed by atoms with E-state index in [-0.39, 0.29) is 5.38 Å². The Bertz CT molecular complexity index is 285. The summed E-state index contributed by atoms with van der Waals surface area (Å²) in [7, 11) is 0. The number of halogens is 1. The number of hydrogen-bond donors (Lipinski definition) is 0. The van der Waals surface area contributed by atoms with Crippen molar-refractivity contribution in [3.63, 3.8) is 0 Å². The van der Waals surface area contributed by atoms with Crippen molar-refractivity contribution in [2.24, 2.45) is 0 Å². The van der Waals surface area contributed by atoms with E-state index in [0.29, 0.717) is 0 Å². The van der Waals surface area contributed by atoms with E-state index < -0.39 is 0 Å². The second kappa shape index (κ2) is 5.50. The molecule has 1 aliphatic heterocycles. The van der Waals surface area contributed by atoms with Crippen LogP contribution in [0.4, 0.5) is 0 Å². The molecule has 82 valence electrons. The SMILES string of the molecule is ClC(CN1CCOCC1)c1ccccc1. The van der Waals surface area contributed by atoms with Gasteiger partial charge in [-0.15, -0.1) is 11.6 Å². The lowest BCUT2D eigenvalue weighted by molar-refractivity contribution is 0.0379. The lowest BCUT2D eigenvalue weighted by Gasteiger charge is -2.28. The van der Waals surface area contributed by atoms with Gasteiger partial charge in [-0.25, -0.2) is 0 Å². The van der Waals surface area contributed by atoms with Crippen molar-refractivity contribution in [2.75, 3.05) is 32.8 Å². The van der Waals surface area contributed by atoms with E-state index >= 15 is 0 Å². The first-order valence-corrected chi connectivity index (χ1v) is 5.79. The fraction of sp³-hybridized carbons (Fsp3) is 0.500. The Kier molecular flexibility index (Phi) is 4.01. The fourth-order valence-corrected chi connectivity index (χ4v) is 2.12. The van der Waals surface area contributed by atoms with Crippen LogP contribution < -0.4 is 0 Å². The first-order valence-electron chi connectivity index (χ1n) is 5.35. The van der Waals surface area contributed by atoms with Crippen LogP contribution in [0.3, 0.4) is 0 Å². The van der Waals surface area contributed by atoms with Crippen molar-refractivity contribution in [3.05, 3.63) is 35.9 Å². The van der Waals surface area contributed by atoms with Gasteiger partial charge < -0.3 is 4.74 Å². The summed E-state index contributed by atoms with van der Waals surface area (Å²) in [6, 6.07) is 10.2. The standard InChI is InChI=1S/C12H16ClNO/c13-12(11-4-2-1-3-5-11)10-14-6-8-15-9-7-14/h1-5,12H,6-10H2. The van der Waals surface area contributed by atoms with Gasteiger partial charge in [0.25, 0.3) is 0 Å². The van der Waals surface area contributed by atoms with Crippen LogP contribution in [0, 0.1) is 0 Å². The number of rotatable bonds is 3. The number of nitrogens with zero attached hydrogens (tertiary/aromatic N) is 1. The summed E-state index contributed by atoms with van der Waals surface area (Å²) in [6.07, 6.45) is 0. The fourth-order valence-electron chi connectivity index (χ4n) is 1.78. The monoisotopic (exact) mass is 225 g/mol. The number of alkyl halides is 1. The summed E-state index contributed by atoms with van der Waals surface area (Å²) in [6.45, 7) is 4.57. The molecule has 3 heteroatoms. The molecule has 0 amide bonds. The van der Waals surface area contributed by atoms with Crippen LogP contribution in [0.2, 0.25) is 0 Å². The van der Waals surface area contributed by atoms with Crippen LogP contribution in [0.15, 0.2) is 30.3 Å². The first-order chi connectivity index (χ1) is 7.36. The van der Waals surface area contributed by atoms with Gasteiger partial charge in [0.2, 0.25) is 0 Å². The third kappa shape index (κ3) is 3.20. The summed E-state index contributed by atoms with van der Waals surface area (Å²) in [5, 5.41) is 0.0873. The molecule has 0 aliphatic carbocycles. The molecule has 1 aliphatic rings. The molecule has 2 nitrogen and oxygen atoms in total. The van der Waals surface area contributed by atoms with Crippen LogP contribution >= 0.6 is 11.6 Å². The Morgan fingerprint density at radius 2 is 1.87 bits per heavy atom. The van der Waals surface area contributed by atoms with Gasteiger partial charge in [0.15, 0.2) is 0 Å². The highest BCUT2D eigenvalue weighted by molar-refractivity contribution is 6.21. The van der Waals surface area contributed by atoms with E-state index in [2.05, 4.69) is 17.0 Å². The van der Waals surface area contributed by atoms with Crippen LogP contribution in [0.25, 0.3) is 0 Å². The van der Waals surface area contributed by atoms with Gasteiger partial charge >= 0.3 is 0 Å². The van der Waals surface area contributed by atoms with Crippen LogP contribution in [-0.4, -0.2) is 37.7 Å². The molecule has 0 aromatic heterocycles. The molecule has 2 rings (SSSR count). The van der Waals surface area contributed by atoms with Crippen molar-refractivity contribution in [3.8, 4) is 0 Å². The largest absolute Gasteiger partial charge is 0.379 e. The van der Waals surface area contributed by atoms with E-state index in [1.165, 1.54) is 5.56 Å². The summed E-state index contributed by atoms with van der Waals surface area (Å²) in [5.41, 5.74) is 1.20. The zero-order chi connectivity index (χ0) is 10.5. The minimum Gasteiger partial charge on any atom is -0.379 e. The lowest BCUT2D eigenvalue weighted by atomic mass is 10.1. The molecule has 1 atom stereocenters. The smallest absolute Gasteiger partial charge is 0.0712 e. The van der Waals surface area contributed by atoms with Crippen LogP contribution in [-0.2, 0) is 4.74 Å². The molecule has 15 heavy (non-hydrogen) atoms. The second-order valence-electron chi connectivity index (χ2n) is 3.79. The van der Waals surface area contributed by atoms with Crippen molar-refractivity contribution >= 4 is 11.6 Å². The molecule has 0 radical (unpaired) electrons. The molecular weight excluding hydrogens is 210 g/mol. The van der Waals surface area contributed by atoms with E-state index in [9.17, 15) is 0 Å². The maximum atomic E-state index is 6.36. The molecule has 0 bridgehead atoms. The van der Waals surface area contributed by atoms with Gasteiger partial charge in [0, 0.05) is 19.6 Å². The first kappa shape index (κ1) is 10.9. The predicted molar refractivity (Wildman–Crippen MR) is 62.3 cm³/mol. The quantitative estimate of drug-likeness (QED) is 0.732. The third-order valence-electron chi connectivity index (χ3n) is 2.68. The van der Waals surface area contributed by atoms with Gasteiger partial charge in [-0.05, 0) is 5.56 Å². The number of ether oxygens (including phenoxy) is 1. The average molecular weight is 226 g/mol. The summed E-state index contributed by atoms with van der Waals surface area (Å²) >= 11 is 6.36. The number of hydrogen-bond acceptors (Lipinski definition) is 2. The highest BCUT2D eigenvalue weighted by atomic mass is 35.5. The Labute approximate surface area is 95.8 Å². The van der Waals surface area contributed by atoms with Gasteiger partial charge in [0.05, 0.1) is 18.6 Å². The normalized spacial score (nSPS) is 20.1. The zero-order valence-corrected chi connectivity index (χ0v) is 9.49. The molecule has 1 aromatic rings. The maximum absolute atomic E-state index is 6.36.